The van der Waals surface area contributed by atoms with Crippen LogP contribution in [0.1, 0.15) is 113 Å². The summed E-state index contributed by atoms with van der Waals surface area (Å²) >= 11 is 0. The Morgan fingerprint density at radius 3 is 1.99 bits per heavy atom. The number of nitrogens with zero attached hydrogens (tertiary/aromatic N) is 5. The molecule has 2 aliphatic heterocycles. The summed E-state index contributed by atoms with van der Waals surface area (Å²) in [7, 11) is 0. The summed E-state index contributed by atoms with van der Waals surface area (Å²) in [6, 6.07) is 48.2. The molecule has 69 heavy (non-hydrogen) atoms. The van der Waals surface area contributed by atoms with Gasteiger partial charge in [-0.25, -0.2) is 15.0 Å². The number of hydrogen-bond acceptors (Lipinski definition) is 5. The normalized spacial score (nSPS) is 28.1. The van der Waals surface area contributed by atoms with Crippen molar-refractivity contribution in [3.63, 3.8) is 0 Å². The molecule has 6 aromatic rings. The Kier molecular flexibility index (Phi) is 11.0. The Balaban J connectivity index is 1.11. The lowest BCUT2D eigenvalue weighted by atomic mass is 9.61. The third-order valence-electron chi connectivity index (χ3n) is 17.2. The standard InChI is InChI=1S/C64H65N5/c1-42-40-48(44-26-11-7-12-27-44)59(69-56-38-21-17-34-52(56)64(4,5)53-35-18-22-39-57(53)69)49(41-42)62-66-60(45-28-13-8-14-29-45)65-61(67-62)47-31-23-30-46(43-24-9-6-10-25-43)58(47)68-54-36-19-15-32-50(54)63(2,3)51-33-16-20-37-55(51)68/h6-21,23-28,30-38,42,45,48-50,53-54,57,59H,22,29,39-41H2,1-5H3/t42-,45?,48?,49?,50?,53?,54?,57?,59?/m1/s1. The van der Waals surface area contributed by atoms with Gasteiger partial charge in [-0.05, 0) is 83.9 Å². The molecule has 1 aromatic heterocycles. The van der Waals surface area contributed by atoms with E-state index in [1.54, 1.807) is 0 Å². The average molecular weight is 904 g/mol. The molecule has 0 saturated heterocycles. The van der Waals surface area contributed by atoms with Crippen molar-refractivity contribution in [2.45, 2.75) is 113 Å². The third kappa shape index (κ3) is 7.38. The lowest BCUT2D eigenvalue weighted by Gasteiger charge is -2.58. The van der Waals surface area contributed by atoms with E-state index in [1.807, 2.05) is 0 Å². The van der Waals surface area contributed by atoms with E-state index < -0.39 is 0 Å². The van der Waals surface area contributed by atoms with E-state index in [9.17, 15) is 0 Å². The quantitative estimate of drug-likeness (QED) is 0.149. The maximum atomic E-state index is 5.93. The van der Waals surface area contributed by atoms with Gasteiger partial charge in [0.05, 0.1) is 11.7 Å². The maximum Gasteiger partial charge on any atom is 0.165 e. The van der Waals surface area contributed by atoms with E-state index in [4.69, 9.17) is 15.0 Å². The van der Waals surface area contributed by atoms with E-state index in [-0.39, 0.29) is 46.6 Å². The highest BCUT2D eigenvalue weighted by molar-refractivity contribution is 5.94. The van der Waals surface area contributed by atoms with Crippen molar-refractivity contribution in [3.05, 3.63) is 216 Å². The molecule has 12 rings (SSSR count). The fraction of sp³-hybridized carbons (Fsp3) is 0.328. The zero-order valence-corrected chi connectivity index (χ0v) is 40.9. The molecule has 6 aliphatic rings. The van der Waals surface area contributed by atoms with E-state index >= 15 is 0 Å². The molecule has 4 aliphatic carbocycles. The van der Waals surface area contributed by atoms with Gasteiger partial charge in [-0.15, -0.1) is 0 Å². The van der Waals surface area contributed by atoms with Crippen LogP contribution in [0.15, 0.2) is 188 Å². The molecule has 5 aromatic carbocycles. The minimum absolute atomic E-state index is 0.00645. The first-order valence-electron chi connectivity index (χ1n) is 25.8. The number of benzene rings is 5. The second-order valence-electron chi connectivity index (χ2n) is 21.9. The van der Waals surface area contributed by atoms with Crippen molar-refractivity contribution in [2.24, 2.45) is 17.8 Å². The van der Waals surface area contributed by atoms with Crippen LogP contribution in [0, 0.1) is 17.8 Å². The van der Waals surface area contributed by atoms with Crippen molar-refractivity contribution >= 4 is 17.1 Å². The van der Waals surface area contributed by atoms with Gasteiger partial charge in [0, 0.05) is 69.6 Å². The first-order valence-corrected chi connectivity index (χ1v) is 25.8. The Labute approximate surface area is 410 Å². The summed E-state index contributed by atoms with van der Waals surface area (Å²) in [5.41, 5.74) is 11.2. The molecule has 0 amide bonds. The zero-order valence-electron chi connectivity index (χ0n) is 40.9. The van der Waals surface area contributed by atoms with Gasteiger partial charge < -0.3 is 9.80 Å². The summed E-state index contributed by atoms with van der Waals surface area (Å²) in [5, 5.41) is 0. The molecule has 9 atom stereocenters. The number of hydrogen-bond donors (Lipinski definition) is 0. The minimum Gasteiger partial charge on any atom is -0.363 e. The number of allylic oxidation sites excluding steroid dienone is 7. The molecular weight excluding hydrogens is 839 g/mol. The molecule has 1 fully saturated rings. The molecule has 8 unspecified atom stereocenters. The van der Waals surface area contributed by atoms with Crippen LogP contribution in [0.3, 0.4) is 0 Å². The topological polar surface area (TPSA) is 45.2 Å². The Bertz CT molecular complexity index is 3030. The van der Waals surface area contributed by atoms with Gasteiger partial charge in [0.2, 0.25) is 0 Å². The summed E-state index contributed by atoms with van der Waals surface area (Å²) in [6.07, 6.45) is 28.4. The molecule has 0 spiro atoms. The number of anilines is 3. The lowest BCUT2D eigenvalue weighted by molar-refractivity contribution is 0.198. The van der Waals surface area contributed by atoms with Crippen LogP contribution in [0.4, 0.5) is 17.1 Å². The van der Waals surface area contributed by atoms with Crippen LogP contribution in [-0.2, 0) is 10.8 Å². The van der Waals surface area contributed by atoms with E-state index in [0.717, 1.165) is 60.8 Å². The van der Waals surface area contributed by atoms with Crippen molar-refractivity contribution in [3.8, 4) is 22.5 Å². The predicted molar refractivity (Wildman–Crippen MR) is 285 cm³/mol. The largest absolute Gasteiger partial charge is 0.363 e. The highest BCUT2D eigenvalue weighted by Gasteiger charge is 2.53. The van der Waals surface area contributed by atoms with Gasteiger partial charge in [-0.3, -0.25) is 0 Å². The Hall–Kier alpha value is -6.59. The summed E-state index contributed by atoms with van der Waals surface area (Å²) < 4.78 is 0. The zero-order chi connectivity index (χ0) is 46.9. The second-order valence-corrected chi connectivity index (χ2v) is 21.9. The maximum absolute atomic E-state index is 5.93. The second kappa shape index (κ2) is 17.4. The fourth-order valence-corrected chi connectivity index (χ4v) is 13.9. The molecule has 5 nitrogen and oxygen atoms in total. The molecule has 0 radical (unpaired) electrons. The molecule has 0 N–H and O–H groups in total. The number of para-hydroxylation sites is 3. The fourth-order valence-electron chi connectivity index (χ4n) is 13.9. The van der Waals surface area contributed by atoms with Gasteiger partial charge in [0.15, 0.2) is 5.82 Å². The van der Waals surface area contributed by atoms with Crippen molar-refractivity contribution in [2.75, 3.05) is 9.80 Å². The molecule has 346 valence electrons. The van der Waals surface area contributed by atoms with Gasteiger partial charge in [0.1, 0.15) is 11.6 Å². The number of fused-ring (bicyclic) bond motifs is 4. The molecule has 5 heteroatoms. The predicted octanol–water partition coefficient (Wildman–Crippen LogP) is 15.1. The molecule has 3 heterocycles. The van der Waals surface area contributed by atoms with E-state index in [0.29, 0.717) is 17.9 Å². The molecule has 1 saturated carbocycles. The highest BCUT2D eigenvalue weighted by atomic mass is 15.2. The first kappa shape index (κ1) is 43.7. The van der Waals surface area contributed by atoms with Crippen molar-refractivity contribution < 1.29 is 0 Å². The van der Waals surface area contributed by atoms with Crippen LogP contribution in [0.25, 0.3) is 22.5 Å². The van der Waals surface area contributed by atoms with E-state index in [1.165, 1.54) is 39.2 Å². The van der Waals surface area contributed by atoms with Crippen LogP contribution in [0.2, 0.25) is 0 Å². The van der Waals surface area contributed by atoms with Gasteiger partial charge in [-0.1, -0.05) is 205 Å². The monoisotopic (exact) mass is 904 g/mol. The minimum atomic E-state index is -0.0907. The van der Waals surface area contributed by atoms with Crippen LogP contribution >= 0.6 is 0 Å². The van der Waals surface area contributed by atoms with E-state index in [2.05, 4.69) is 233 Å². The summed E-state index contributed by atoms with van der Waals surface area (Å²) in [5.74, 6) is 3.98. The van der Waals surface area contributed by atoms with Crippen LogP contribution in [-0.4, -0.2) is 33.1 Å². The smallest absolute Gasteiger partial charge is 0.165 e. The van der Waals surface area contributed by atoms with Crippen molar-refractivity contribution in [1.29, 1.82) is 0 Å². The van der Waals surface area contributed by atoms with Crippen molar-refractivity contribution in [1.82, 2.24) is 15.0 Å². The highest BCUT2D eigenvalue weighted by Crippen LogP contribution is 2.57. The molecular formula is C64H65N5. The van der Waals surface area contributed by atoms with Gasteiger partial charge in [-0.2, -0.15) is 0 Å². The Morgan fingerprint density at radius 1 is 0.551 bits per heavy atom. The Morgan fingerprint density at radius 2 is 1.20 bits per heavy atom. The lowest BCUT2D eigenvalue weighted by Crippen LogP contribution is -2.60. The van der Waals surface area contributed by atoms with Crippen LogP contribution < -0.4 is 9.80 Å². The number of aromatic nitrogens is 3. The number of rotatable bonds is 7. The summed E-state index contributed by atoms with van der Waals surface area (Å²) in [4.78, 5) is 22.9. The van der Waals surface area contributed by atoms with Gasteiger partial charge in [0.25, 0.3) is 0 Å². The average Bonchev–Trinajstić information content (AvgIpc) is 3.40. The van der Waals surface area contributed by atoms with Gasteiger partial charge >= 0.3 is 0 Å². The third-order valence-corrected chi connectivity index (χ3v) is 17.2. The SMILES string of the molecule is C[C@@H]1CC(c2ccccc2)C(N2c3ccccc3C(C)(C)C3C=CCCC32)C(c2nc(-c3cccc(-c4ccccc4)c3N3c4ccccc4C(C)(C)C4C=CC=CC43)nc(C3C=CC=CC3)n2)C1. The summed E-state index contributed by atoms with van der Waals surface area (Å²) in [6.45, 7) is 12.3. The molecule has 0 bridgehead atoms. The van der Waals surface area contributed by atoms with Crippen LogP contribution in [0.5, 0.6) is 0 Å². The first-order chi connectivity index (χ1) is 33.7.